The summed E-state index contributed by atoms with van der Waals surface area (Å²) in [7, 11) is 1.79. The quantitative estimate of drug-likeness (QED) is 0.221. The van der Waals surface area contributed by atoms with Crippen LogP contribution in [-0.2, 0) is 16.0 Å². The molecule has 0 spiro atoms. The molecule has 7 nitrogen and oxygen atoms in total. The Bertz CT molecular complexity index is 674. The van der Waals surface area contributed by atoms with Crippen LogP contribution in [0.3, 0.4) is 0 Å². The number of aliphatic imine (C=N–C) groups is 1. The van der Waals surface area contributed by atoms with Crippen molar-refractivity contribution < 1.29 is 14.2 Å². The number of fused-ring (bicyclic) bond motifs is 1. The fourth-order valence-corrected chi connectivity index (χ4v) is 3.92. The van der Waals surface area contributed by atoms with Crippen LogP contribution < -0.4 is 15.4 Å². The van der Waals surface area contributed by atoms with Crippen molar-refractivity contribution in [2.45, 2.75) is 45.4 Å². The van der Waals surface area contributed by atoms with Crippen molar-refractivity contribution in [1.82, 2.24) is 15.5 Å². The molecule has 2 N–H and O–H groups in total. The van der Waals surface area contributed by atoms with Gasteiger partial charge in [-0.05, 0) is 44.9 Å². The summed E-state index contributed by atoms with van der Waals surface area (Å²) in [6.07, 6.45) is 2.78. The number of ether oxygens (including phenoxy) is 3. The smallest absolute Gasteiger partial charge is 0.191 e. The van der Waals surface area contributed by atoms with Gasteiger partial charge in [0.25, 0.3) is 0 Å². The number of hydrogen-bond acceptors (Lipinski definition) is 5. The van der Waals surface area contributed by atoms with Gasteiger partial charge < -0.3 is 24.8 Å². The van der Waals surface area contributed by atoms with Gasteiger partial charge in [0.05, 0.1) is 19.3 Å². The van der Waals surface area contributed by atoms with Crippen LogP contribution in [0.4, 0.5) is 0 Å². The standard InChI is InChI=1S/C22H36N4O3.HI/c1-4-27-10-11-28-21-12-17(2)7-8-18(21)13-24-22(23-3)25-14-20-15-26-9-5-6-19(26)16-29-20;/h7-8,12,19-20H,4-6,9-11,13-16H2,1-3H3,(H2,23,24,25);1H. The van der Waals surface area contributed by atoms with Gasteiger partial charge >= 0.3 is 0 Å². The molecule has 0 aliphatic carbocycles. The number of nitrogens with zero attached hydrogens (tertiary/aromatic N) is 2. The van der Waals surface area contributed by atoms with Crippen LogP contribution >= 0.6 is 24.0 Å². The van der Waals surface area contributed by atoms with Crippen molar-refractivity contribution >= 4 is 29.9 Å². The van der Waals surface area contributed by atoms with E-state index in [4.69, 9.17) is 14.2 Å². The maximum Gasteiger partial charge on any atom is 0.191 e. The van der Waals surface area contributed by atoms with Gasteiger partial charge in [0.15, 0.2) is 5.96 Å². The summed E-state index contributed by atoms with van der Waals surface area (Å²) >= 11 is 0. The minimum Gasteiger partial charge on any atom is -0.491 e. The molecule has 2 aliphatic rings. The highest BCUT2D eigenvalue weighted by Crippen LogP contribution is 2.22. The van der Waals surface area contributed by atoms with E-state index < -0.39 is 0 Å². The minimum absolute atomic E-state index is 0. The fourth-order valence-electron chi connectivity index (χ4n) is 3.92. The molecule has 0 bridgehead atoms. The number of aryl methyl sites for hydroxylation is 1. The van der Waals surface area contributed by atoms with Gasteiger partial charge in [-0.15, -0.1) is 24.0 Å². The van der Waals surface area contributed by atoms with Gasteiger partial charge in [-0.25, -0.2) is 0 Å². The topological polar surface area (TPSA) is 67.4 Å². The minimum atomic E-state index is 0. The van der Waals surface area contributed by atoms with E-state index in [0.717, 1.165) is 37.0 Å². The summed E-state index contributed by atoms with van der Waals surface area (Å²) in [5.74, 6) is 1.67. The zero-order chi connectivity index (χ0) is 20.5. The largest absolute Gasteiger partial charge is 0.491 e. The molecular formula is C22H37IN4O3. The van der Waals surface area contributed by atoms with Crippen LogP contribution in [-0.4, -0.2) is 76.1 Å². The Labute approximate surface area is 197 Å². The monoisotopic (exact) mass is 532 g/mol. The predicted octanol–water partition coefficient (Wildman–Crippen LogP) is 2.56. The molecule has 8 heteroatoms. The van der Waals surface area contributed by atoms with Crippen molar-refractivity contribution in [3.8, 4) is 5.75 Å². The van der Waals surface area contributed by atoms with Crippen molar-refractivity contribution in [3.05, 3.63) is 29.3 Å². The normalized spacial score (nSPS) is 21.6. The van der Waals surface area contributed by atoms with E-state index in [2.05, 4.69) is 45.6 Å². The average molecular weight is 532 g/mol. The molecule has 2 fully saturated rings. The Balaban J connectivity index is 0.00000320. The van der Waals surface area contributed by atoms with Gasteiger partial charge in [-0.1, -0.05) is 12.1 Å². The van der Waals surface area contributed by atoms with Gasteiger partial charge in [-0.3, -0.25) is 9.89 Å². The number of halogens is 1. The summed E-state index contributed by atoms with van der Waals surface area (Å²) in [6, 6.07) is 6.90. The first-order valence-corrected chi connectivity index (χ1v) is 10.8. The van der Waals surface area contributed by atoms with E-state index in [1.54, 1.807) is 7.05 Å². The molecule has 170 valence electrons. The van der Waals surface area contributed by atoms with Crippen LogP contribution in [0.5, 0.6) is 5.75 Å². The third kappa shape index (κ3) is 7.55. The highest BCUT2D eigenvalue weighted by atomic mass is 127. The zero-order valence-corrected chi connectivity index (χ0v) is 20.8. The Hall–Kier alpha value is -1.10. The fraction of sp³-hybridized carbons (Fsp3) is 0.682. The van der Waals surface area contributed by atoms with Crippen molar-refractivity contribution in [1.29, 1.82) is 0 Å². The number of nitrogens with one attached hydrogen (secondary N) is 2. The Kier molecular flexibility index (Phi) is 11.2. The van der Waals surface area contributed by atoms with Crippen LogP contribution in [0, 0.1) is 6.92 Å². The van der Waals surface area contributed by atoms with Crippen LogP contribution in [0.1, 0.15) is 30.9 Å². The lowest BCUT2D eigenvalue weighted by molar-refractivity contribution is -0.0453. The number of morpholine rings is 1. The maximum atomic E-state index is 6.03. The summed E-state index contributed by atoms with van der Waals surface area (Å²) in [4.78, 5) is 6.91. The lowest BCUT2D eigenvalue weighted by atomic mass is 10.1. The van der Waals surface area contributed by atoms with Gasteiger partial charge in [0.2, 0.25) is 0 Å². The summed E-state index contributed by atoms with van der Waals surface area (Å²) in [6.45, 7) is 10.4. The molecule has 0 aromatic heterocycles. The molecule has 2 atom stereocenters. The second-order valence-corrected chi connectivity index (χ2v) is 7.71. The Morgan fingerprint density at radius 1 is 1.30 bits per heavy atom. The van der Waals surface area contributed by atoms with E-state index in [1.807, 2.05) is 6.92 Å². The average Bonchev–Trinajstić information content (AvgIpc) is 3.20. The van der Waals surface area contributed by atoms with E-state index in [9.17, 15) is 0 Å². The molecule has 2 aliphatic heterocycles. The summed E-state index contributed by atoms with van der Waals surface area (Å²) in [5, 5.41) is 6.80. The molecule has 0 amide bonds. The SMILES string of the molecule is CCOCCOc1cc(C)ccc1CNC(=NC)NCC1CN2CCCC2CO1.I. The number of hydrogen-bond donors (Lipinski definition) is 2. The van der Waals surface area contributed by atoms with Crippen molar-refractivity contribution in [2.24, 2.45) is 4.99 Å². The third-order valence-corrected chi connectivity index (χ3v) is 5.54. The second kappa shape index (κ2) is 13.3. The molecule has 2 heterocycles. The van der Waals surface area contributed by atoms with E-state index in [1.165, 1.54) is 24.9 Å². The van der Waals surface area contributed by atoms with Gasteiger partial charge in [0, 0.05) is 44.9 Å². The molecule has 3 rings (SSSR count). The van der Waals surface area contributed by atoms with E-state index >= 15 is 0 Å². The van der Waals surface area contributed by atoms with Gasteiger partial charge in [0.1, 0.15) is 12.4 Å². The van der Waals surface area contributed by atoms with Crippen LogP contribution in [0.2, 0.25) is 0 Å². The highest BCUT2D eigenvalue weighted by Gasteiger charge is 2.32. The summed E-state index contributed by atoms with van der Waals surface area (Å²) < 4.78 is 17.3. The maximum absolute atomic E-state index is 6.03. The predicted molar refractivity (Wildman–Crippen MR) is 131 cm³/mol. The molecule has 2 unspecified atom stereocenters. The van der Waals surface area contributed by atoms with Crippen molar-refractivity contribution in [2.75, 3.05) is 53.1 Å². The number of guanidine groups is 1. The Morgan fingerprint density at radius 3 is 2.97 bits per heavy atom. The van der Waals surface area contributed by atoms with Crippen LogP contribution in [0.15, 0.2) is 23.2 Å². The highest BCUT2D eigenvalue weighted by molar-refractivity contribution is 14.0. The molecule has 1 aromatic rings. The first-order valence-electron chi connectivity index (χ1n) is 10.8. The molecular weight excluding hydrogens is 495 g/mol. The van der Waals surface area contributed by atoms with E-state index in [-0.39, 0.29) is 30.1 Å². The number of rotatable bonds is 9. The Morgan fingerprint density at radius 2 is 2.17 bits per heavy atom. The molecule has 2 saturated heterocycles. The number of benzene rings is 1. The third-order valence-electron chi connectivity index (χ3n) is 5.54. The zero-order valence-electron chi connectivity index (χ0n) is 18.5. The van der Waals surface area contributed by atoms with Crippen LogP contribution in [0.25, 0.3) is 0 Å². The molecule has 1 aromatic carbocycles. The molecule has 0 radical (unpaired) electrons. The molecule has 0 saturated carbocycles. The second-order valence-electron chi connectivity index (χ2n) is 7.71. The van der Waals surface area contributed by atoms with Crippen molar-refractivity contribution in [3.63, 3.8) is 0 Å². The first-order chi connectivity index (χ1) is 14.2. The first kappa shape index (κ1) is 25.2. The lowest BCUT2D eigenvalue weighted by Crippen LogP contribution is -2.51. The van der Waals surface area contributed by atoms with E-state index in [0.29, 0.717) is 32.4 Å². The molecule has 30 heavy (non-hydrogen) atoms. The summed E-state index contributed by atoms with van der Waals surface area (Å²) in [5.41, 5.74) is 2.28. The van der Waals surface area contributed by atoms with Gasteiger partial charge in [-0.2, -0.15) is 0 Å². The lowest BCUT2D eigenvalue weighted by Gasteiger charge is -2.35.